The predicted molar refractivity (Wildman–Crippen MR) is 65.3 cm³/mol. The van der Waals surface area contributed by atoms with Gasteiger partial charge in [0, 0.05) is 44.8 Å². The summed E-state index contributed by atoms with van der Waals surface area (Å²) in [5, 5.41) is 0. The molecule has 1 aromatic rings. The highest BCUT2D eigenvalue weighted by Crippen LogP contribution is 2.06. The van der Waals surface area contributed by atoms with E-state index in [-0.39, 0.29) is 5.43 Å². The average molecular weight is 236 g/mol. The van der Waals surface area contributed by atoms with Crippen LogP contribution in [0.2, 0.25) is 0 Å². The predicted octanol–water partition coefficient (Wildman–Crippen LogP) is 0.771. The monoisotopic (exact) mass is 236 g/mol. The van der Waals surface area contributed by atoms with Gasteiger partial charge in [-0.05, 0) is 6.92 Å². The second-order valence-corrected chi connectivity index (χ2v) is 3.64. The number of aromatic nitrogens is 1. The van der Waals surface area contributed by atoms with Crippen LogP contribution >= 0.6 is 0 Å². The maximum Gasteiger partial charge on any atom is 0.356 e. The molecule has 1 aromatic heterocycles. The summed E-state index contributed by atoms with van der Waals surface area (Å²) in [6.07, 6.45) is 4.71. The van der Waals surface area contributed by atoms with Crippen molar-refractivity contribution in [2.45, 2.75) is 6.92 Å². The van der Waals surface area contributed by atoms with Gasteiger partial charge in [0.15, 0.2) is 5.43 Å². The van der Waals surface area contributed by atoms with Crippen LogP contribution in [0.1, 0.15) is 6.92 Å². The zero-order chi connectivity index (χ0) is 12.8. The summed E-state index contributed by atoms with van der Waals surface area (Å²) in [5.74, 6) is -0.426. The van der Waals surface area contributed by atoms with Gasteiger partial charge in [-0.15, -0.1) is 0 Å². The first-order chi connectivity index (χ1) is 8.04. The summed E-state index contributed by atoms with van der Waals surface area (Å²) in [6.45, 7) is 2.06. The van der Waals surface area contributed by atoms with E-state index in [0.29, 0.717) is 12.3 Å². The van der Waals surface area contributed by atoms with E-state index in [0.717, 1.165) is 0 Å². The standard InChI is InChI=1S/C12H16N2O3/c1-4-17-12(16)11(9-13(2)3)14-7-5-10(15)6-8-14/h5-9H,4H2,1-3H3/b11-9-. The zero-order valence-electron chi connectivity index (χ0n) is 10.2. The second-order valence-electron chi connectivity index (χ2n) is 3.64. The molecule has 0 saturated heterocycles. The van der Waals surface area contributed by atoms with E-state index in [1.165, 1.54) is 24.5 Å². The number of esters is 1. The van der Waals surface area contributed by atoms with Crippen molar-refractivity contribution in [1.29, 1.82) is 0 Å². The van der Waals surface area contributed by atoms with Crippen molar-refractivity contribution >= 4 is 11.7 Å². The fraction of sp³-hybridized carbons (Fsp3) is 0.333. The molecule has 0 N–H and O–H groups in total. The summed E-state index contributed by atoms with van der Waals surface area (Å²) >= 11 is 0. The number of carbonyl (C=O) groups is 1. The Balaban J connectivity index is 3.11. The summed E-state index contributed by atoms with van der Waals surface area (Å²) in [4.78, 5) is 24.5. The lowest BCUT2D eigenvalue weighted by molar-refractivity contribution is -0.136. The van der Waals surface area contributed by atoms with Gasteiger partial charge in [-0.1, -0.05) is 0 Å². The number of pyridine rings is 1. The van der Waals surface area contributed by atoms with E-state index in [9.17, 15) is 9.59 Å². The van der Waals surface area contributed by atoms with Crippen molar-refractivity contribution in [3.05, 3.63) is 40.9 Å². The minimum Gasteiger partial charge on any atom is -0.461 e. The molecule has 0 radical (unpaired) electrons. The van der Waals surface area contributed by atoms with Crippen molar-refractivity contribution in [3.8, 4) is 0 Å². The lowest BCUT2D eigenvalue weighted by Crippen LogP contribution is -2.17. The summed E-state index contributed by atoms with van der Waals surface area (Å²) in [7, 11) is 3.61. The Hall–Kier alpha value is -2.04. The molecule has 0 spiro atoms. The van der Waals surface area contributed by atoms with Gasteiger partial charge < -0.3 is 14.2 Å². The SMILES string of the molecule is CCOC(=O)/C(=C/N(C)C)n1ccc(=O)cc1. The molecule has 1 heterocycles. The molecule has 0 amide bonds. The Morgan fingerprint density at radius 1 is 1.41 bits per heavy atom. The van der Waals surface area contributed by atoms with Crippen molar-refractivity contribution in [1.82, 2.24) is 9.47 Å². The van der Waals surface area contributed by atoms with E-state index in [1.54, 1.807) is 22.6 Å². The van der Waals surface area contributed by atoms with Crippen LogP contribution in [-0.4, -0.2) is 36.1 Å². The molecule has 17 heavy (non-hydrogen) atoms. The smallest absolute Gasteiger partial charge is 0.356 e. The molecule has 0 unspecified atom stereocenters. The van der Waals surface area contributed by atoms with Gasteiger partial charge in [0.2, 0.25) is 0 Å². The van der Waals surface area contributed by atoms with E-state index >= 15 is 0 Å². The topological polar surface area (TPSA) is 51.5 Å². The van der Waals surface area contributed by atoms with E-state index in [2.05, 4.69) is 0 Å². The molecule has 5 heteroatoms. The minimum absolute atomic E-state index is 0.102. The molecule has 0 aliphatic carbocycles. The highest BCUT2D eigenvalue weighted by atomic mass is 16.5. The van der Waals surface area contributed by atoms with E-state index in [1.807, 2.05) is 14.1 Å². The largest absolute Gasteiger partial charge is 0.461 e. The van der Waals surface area contributed by atoms with Gasteiger partial charge in [-0.3, -0.25) is 4.79 Å². The van der Waals surface area contributed by atoms with E-state index in [4.69, 9.17) is 4.74 Å². The van der Waals surface area contributed by atoms with Crippen LogP contribution in [0.5, 0.6) is 0 Å². The lowest BCUT2D eigenvalue weighted by atomic mass is 10.4. The third-order valence-electron chi connectivity index (χ3n) is 1.94. The maximum absolute atomic E-state index is 11.7. The van der Waals surface area contributed by atoms with Crippen LogP contribution in [0, 0.1) is 0 Å². The van der Waals surface area contributed by atoms with Crippen molar-refractivity contribution in [2.75, 3.05) is 20.7 Å². The third kappa shape index (κ3) is 3.79. The summed E-state index contributed by atoms with van der Waals surface area (Å²) in [6, 6.07) is 2.78. The van der Waals surface area contributed by atoms with Crippen molar-refractivity contribution < 1.29 is 9.53 Å². The number of nitrogens with zero attached hydrogens (tertiary/aromatic N) is 2. The maximum atomic E-state index is 11.7. The zero-order valence-corrected chi connectivity index (χ0v) is 10.2. The van der Waals surface area contributed by atoms with Crippen molar-refractivity contribution in [2.24, 2.45) is 0 Å². The van der Waals surface area contributed by atoms with Crippen LogP contribution in [-0.2, 0) is 9.53 Å². The number of hydrogen-bond donors (Lipinski definition) is 0. The molecule has 92 valence electrons. The number of rotatable bonds is 4. The average Bonchev–Trinajstić information content (AvgIpc) is 2.27. The van der Waals surface area contributed by atoms with Crippen LogP contribution in [0.4, 0.5) is 0 Å². The molecule has 0 fully saturated rings. The highest BCUT2D eigenvalue weighted by molar-refractivity contribution is 6.09. The number of ether oxygens (including phenoxy) is 1. The molecule has 0 saturated carbocycles. The number of carbonyl (C=O) groups excluding carboxylic acids is 1. The summed E-state index contributed by atoms with van der Waals surface area (Å²) < 4.78 is 6.51. The first kappa shape index (κ1) is 13.0. The Labute approximate surface area is 99.9 Å². The highest BCUT2D eigenvalue weighted by Gasteiger charge is 2.12. The van der Waals surface area contributed by atoms with Crippen LogP contribution < -0.4 is 5.43 Å². The number of hydrogen-bond acceptors (Lipinski definition) is 4. The molecular formula is C12H16N2O3. The Morgan fingerprint density at radius 3 is 2.47 bits per heavy atom. The van der Waals surface area contributed by atoms with Gasteiger partial charge in [-0.25, -0.2) is 4.79 Å². The lowest BCUT2D eigenvalue weighted by Gasteiger charge is -2.13. The molecule has 5 nitrogen and oxygen atoms in total. The summed E-state index contributed by atoms with van der Waals surface area (Å²) in [5.41, 5.74) is 0.256. The Kier molecular flexibility index (Phi) is 4.51. The normalized spacial score (nSPS) is 11.1. The third-order valence-corrected chi connectivity index (χ3v) is 1.94. The Morgan fingerprint density at radius 2 is 2.00 bits per heavy atom. The van der Waals surface area contributed by atoms with Gasteiger partial charge >= 0.3 is 5.97 Å². The van der Waals surface area contributed by atoms with Crippen molar-refractivity contribution in [3.63, 3.8) is 0 Å². The fourth-order valence-corrected chi connectivity index (χ4v) is 1.25. The van der Waals surface area contributed by atoms with Gasteiger partial charge in [-0.2, -0.15) is 0 Å². The quantitative estimate of drug-likeness (QED) is 0.572. The molecule has 0 atom stereocenters. The van der Waals surface area contributed by atoms with E-state index < -0.39 is 5.97 Å². The first-order valence-electron chi connectivity index (χ1n) is 5.28. The second kappa shape index (κ2) is 5.89. The molecule has 0 aliphatic rings. The van der Waals surface area contributed by atoms with Crippen LogP contribution in [0.3, 0.4) is 0 Å². The molecule has 0 aliphatic heterocycles. The van der Waals surface area contributed by atoms with Gasteiger partial charge in [0.25, 0.3) is 0 Å². The Bertz CT molecular complexity index is 454. The fourth-order valence-electron chi connectivity index (χ4n) is 1.25. The molecule has 1 rings (SSSR count). The van der Waals surface area contributed by atoms with Gasteiger partial charge in [0.1, 0.15) is 5.70 Å². The van der Waals surface area contributed by atoms with Crippen LogP contribution in [0.15, 0.2) is 35.5 Å². The minimum atomic E-state index is -0.426. The van der Waals surface area contributed by atoms with Crippen LogP contribution in [0.25, 0.3) is 5.70 Å². The first-order valence-corrected chi connectivity index (χ1v) is 5.28. The molecular weight excluding hydrogens is 220 g/mol. The molecule has 0 bridgehead atoms. The van der Waals surface area contributed by atoms with Gasteiger partial charge in [0.05, 0.1) is 6.61 Å². The molecule has 0 aromatic carbocycles.